The fourth-order valence-electron chi connectivity index (χ4n) is 10.8. The van der Waals surface area contributed by atoms with E-state index in [9.17, 15) is 19.0 Å². The fourth-order valence-corrected chi connectivity index (χ4v) is 11.6. The van der Waals surface area contributed by atoms with Crippen molar-refractivity contribution in [2.45, 2.75) is 367 Å². The summed E-state index contributed by atoms with van der Waals surface area (Å²) >= 11 is 0. The van der Waals surface area contributed by atoms with Gasteiger partial charge < -0.3 is 18.9 Å². The molecule has 0 aromatic heterocycles. The van der Waals surface area contributed by atoms with Crippen molar-refractivity contribution in [2.75, 3.05) is 47.5 Å². The van der Waals surface area contributed by atoms with Crippen molar-refractivity contribution in [3.63, 3.8) is 0 Å². The van der Waals surface area contributed by atoms with Crippen LogP contribution >= 0.6 is 7.82 Å². The second-order valence-corrected chi connectivity index (χ2v) is 27.4. The van der Waals surface area contributed by atoms with E-state index in [1.54, 1.807) is 0 Å². The van der Waals surface area contributed by atoms with Gasteiger partial charge in [0.05, 0.1) is 27.7 Å². The number of carbonyl (C=O) groups is 2. The van der Waals surface area contributed by atoms with Crippen LogP contribution < -0.4 is 0 Å². The molecule has 0 saturated carbocycles. The minimum absolute atomic E-state index is 0.0332. The van der Waals surface area contributed by atoms with Crippen molar-refractivity contribution in [1.82, 2.24) is 0 Å². The number of ether oxygens (including phenoxy) is 2. The first-order chi connectivity index (χ1) is 41.0. The van der Waals surface area contributed by atoms with Crippen molar-refractivity contribution >= 4 is 19.8 Å². The molecule has 10 heteroatoms. The zero-order valence-corrected chi connectivity index (χ0v) is 57.3. The molecular weight excluding hydrogens is 1060 g/mol. The van der Waals surface area contributed by atoms with Crippen LogP contribution in [0.3, 0.4) is 0 Å². The molecule has 84 heavy (non-hydrogen) atoms. The zero-order valence-electron chi connectivity index (χ0n) is 56.4. The van der Waals surface area contributed by atoms with Crippen molar-refractivity contribution < 1.29 is 42.1 Å². The van der Waals surface area contributed by atoms with Crippen molar-refractivity contribution in [3.8, 4) is 0 Å². The number of rotatable bonds is 68. The van der Waals surface area contributed by atoms with Crippen molar-refractivity contribution in [1.29, 1.82) is 0 Å². The SMILES string of the molecule is CC/C=C\C/C=C\C/C=C\C/C=C\CCCCCCCCCCCCCCCCC(=O)OC(COC(=O)CCCCCCCCCCCCCCCCCCCCCCCCCCCCCCCCCCC)COP(=O)(O)OCC[N+](C)(C)C. The molecule has 0 aliphatic heterocycles. The molecule has 0 saturated heterocycles. The first kappa shape index (κ1) is 82.0. The van der Waals surface area contributed by atoms with Crippen LogP contribution in [0.2, 0.25) is 0 Å². The van der Waals surface area contributed by atoms with Crippen molar-refractivity contribution in [3.05, 3.63) is 48.6 Å². The van der Waals surface area contributed by atoms with Crippen LogP contribution in [0, 0.1) is 0 Å². The van der Waals surface area contributed by atoms with Gasteiger partial charge in [-0.15, -0.1) is 0 Å². The highest BCUT2D eigenvalue weighted by Gasteiger charge is 2.27. The average Bonchev–Trinajstić information content (AvgIpc) is 3.61. The summed E-state index contributed by atoms with van der Waals surface area (Å²) in [6, 6.07) is 0. The number of hydrogen-bond donors (Lipinski definition) is 1. The lowest BCUT2D eigenvalue weighted by Crippen LogP contribution is -2.37. The van der Waals surface area contributed by atoms with Crippen LogP contribution in [0.4, 0.5) is 0 Å². The van der Waals surface area contributed by atoms with E-state index in [4.69, 9.17) is 18.5 Å². The maximum Gasteiger partial charge on any atom is 0.472 e. The Morgan fingerprint density at radius 1 is 0.381 bits per heavy atom. The molecule has 0 rings (SSSR count). The van der Waals surface area contributed by atoms with Gasteiger partial charge in [0.15, 0.2) is 6.10 Å². The predicted octanol–water partition coefficient (Wildman–Crippen LogP) is 23.6. The first-order valence-corrected chi connectivity index (χ1v) is 37.9. The molecular formula is C74H141NO8P+. The van der Waals surface area contributed by atoms with Crippen molar-refractivity contribution in [2.24, 2.45) is 0 Å². The van der Waals surface area contributed by atoms with Crippen LogP contribution in [-0.4, -0.2) is 74.9 Å². The first-order valence-electron chi connectivity index (χ1n) is 36.4. The quantitative estimate of drug-likeness (QED) is 0.0211. The van der Waals surface area contributed by atoms with Crippen LogP contribution in [0.5, 0.6) is 0 Å². The summed E-state index contributed by atoms with van der Waals surface area (Å²) in [5, 5.41) is 0. The van der Waals surface area contributed by atoms with Gasteiger partial charge in [0.1, 0.15) is 19.8 Å². The van der Waals surface area contributed by atoms with Gasteiger partial charge in [0.2, 0.25) is 0 Å². The standard InChI is InChI=1S/C74H140NO8P/c1-6-8-10-12-14-16-18-20-22-24-26-28-30-32-34-35-36-37-38-39-41-42-44-46-48-50-52-54-56-58-60-62-64-66-73(76)80-70-72(71-82-84(78,79)81-69-68-75(3,4)5)83-74(77)67-65-63-61-59-57-55-53-51-49-47-45-43-40-33-31-29-27-25-23-21-19-17-15-13-11-9-7-2/h9,11,15,17,21,23,27,29,72H,6-8,10,12-14,16,18-20,22,24-26,28,30-71H2,1-5H3/p+1/b11-9-,17-15-,23-21-,29-27-. The molecule has 0 spiro atoms. The lowest BCUT2D eigenvalue weighted by atomic mass is 10.0. The van der Waals surface area contributed by atoms with E-state index in [1.165, 1.54) is 270 Å². The molecule has 0 amide bonds. The van der Waals surface area contributed by atoms with Gasteiger partial charge in [0, 0.05) is 12.8 Å². The lowest BCUT2D eigenvalue weighted by Gasteiger charge is -2.24. The Labute approximate surface area is 522 Å². The van der Waals surface area contributed by atoms with Gasteiger partial charge in [-0.05, 0) is 51.4 Å². The number of nitrogens with zero attached hydrogens (tertiary/aromatic N) is 1. The molecule has 0 aromatic rings. The highest BCUT2D eigenvalue weighted by Crippen LogP contribution is 2.43. The van der Waals surface area contributed by atoms with Gasteiger partial charge in [0.25, 0.3) is 0 Å². The second kappa shape index (κ2) is 65.4. The predicted molar refractivity (Wildman–Crippen MR) is 363 cm³/mol. The van der Waals surface area contributed by atoms with Crippen LogP contribution in [0.25, 0.3) is 0 Å². The highest BCUT2D eigenvalue weighted by molar-refractivity contribution is 7.47. The number of allylic oxidation sites excluding steroid dienone is 8. The second-order valence-electron chi connectivity index (χ2n) is 26.0. The highest BCUT2D eigenvalue weighted by atomic mass is 31.2. The topological polar surface area (TPSA) is 108 Å². The Hall–Kier alpha value is -2.03. The van der Waals surface area contributed by atoms with E-state index in [0.717, 1.165) is 57.8 Å². The van der Waals surface area contributed by atoms with Gasteiger partial charge in [-0.3, -0.25) is 18.6 Å². The summed E-state index contributed by atoms with van der Waals surface area (Å²) in [5.41, 5.74) is 0. The molecule has 1 N–H and O–H groups in total. The molecule has 0 aliphatic rings. The van der Waals surface area contributed by atoms with E-state index < -0.39 is 26.5 Å². The zero-order chi connectivity index (χ0) is 61.2. The van der Waals surface area contributed by atoms with E-state index >= 15 is 0 Å². The summed E-state index contributed by atoms with van der Waals surface area (Å²) in [7, 11) is 1.49. The maximum absolute atomic E-state index is 12.9. The number of unbranched alkanes of at least 4 members (excludes halogenated alkanes) is 46. The number of quaternary nitrogens is 1. The van der Waals surface area contributed by atoms with Gasteiger partial charge in [-0.25, -0.2) is 4.57 Å². The number of hydrogen-bond acceptors (Lipinski definition) is 7. The van der Waals surface area contributed by atoms with Crippen LogP contribution in [0.15, 0.2) is 48.6 Å². The number of carbonyl (C=O) groups excluding carboxylic acids is 2. The molecule has 9 nitrogen and oxygen atoms in total. The Morgan fingerprint density at radius 3 is 1.01 bits per heavy atom. The third-order valence-electron chi connectivity index (χ3n) is 16.4. The number of phosphoric ester groups is 1. The Bertz CT molecular complexity index is 1560. The molecule has 0 radical (unpaired) electrons. The summed E-state index contributed by atoms with van der Waals surface area (Å²) in [6.07, 6.45) is 85.2. The summed E-state index contributed by atoms with van der Waals surface area (Å²) in [6.45, 7) is 4.39. The number of esters is 2. The van der Waals surface area contributed by atoms with Gasteiger partial charge >= 0.3 is 19.8 Å². The smallest absolute Gasteiger partial charge is 0.462 e. The fraction of sp³-hybridized carbons (Fsp3) is 0.865. The van der Waals surface area contributed by atoms with Gasteiger partial charge in [-0.2, -0.15) is 0 Å². The third kappa shape index (κ3) is 69.1. The molecule has 0 aromatic carbocycles. The molecule has 494 valence electrons. The molecule has 0 aliphatic carbocycles. The Balaban J connectivity index is 3.96. The largest absolute Gasteiger partial charge is 0.472 e. The minimum atomic E-state index is -4.39. The van der Waals surface area contributed by atoms with E-state index in [1.807, 2.05) is 21.1 Å². The normalized spacial score (nSPS) is 13.4. The monoisotopic (exact) mass is 1200 g/mol. The average molecular weight is 1200 g/mol. The third-order valence-corrected chi connectivity index (χ3v) is 17.4. The molecule has 0 fully saturated rings. The lowest BCUT2D eigenvalue weighted by molar-refractivity contribution is -0.870. The van der Waals surface area contributed by atoms with Crippen LogP contribution in [0.1, 0.15) is 361 Å². The Kier molecular flexibility index (Phi) is 63.8. The summed E-state index contributed by atoms with van der Waals surface area (Å²) < 4.78 is 34.8. The van der Waals surface area contributed by atoms with E-state index in [2.05, 4.69) is 62.5 Å². The number of likely N-dealkylation sites (N-methyl/N-ethyl adjacent to an activating group) is 1. The van der Waals surface area contributed by atoms with Gasteiger partial charge in [-0.1, -0.05) is 345 Å². The molecule has 2 unspecified atom stereocenters. The summed E-state index contributed by atoms with van der Waals surface area (Å²) in [5.74, 6) is -0.779. The van der Waals surface area contributed by atoms with E-state index in [-0.39, 0.29) is 25.6 Å². The van der Waals surface area contributed by atoms with E-state index in [0.29, 0.717) is 23.9 Å². The molecule has 2 atom stereocenters. The number of phosphoric acid groups is 1. The summed E-state index contributed by atoms with van der Waals surface area (Å²) in [4.78, 5) is 35.9. The Morgan fingerprint density at radius 2 is 0.679 bits per heavy atom. The van der Waals surface area contributed by atoms with Crippen LogP contribution in [-0.2, 0) is 32.7 Å². The maximum atomic E-state index is 12.9. The minimum Gasteiger partial charge on any atom is -0.462 e. The molecule has 0 heterocycles. The molecule has 0 bridgehead atoms.